The van der Waals surface area contributed by atoms with Crippen LogP contribution in [0, 0.1) is 24.0 Å². The summed E-state index contributed by atoms with van der Waals surface area (Å²) < 4.78 is 10.2. The standard InChI is InChI=1S/C20H22N2O6/c1-4-15-6-8-16(9-7-15)27-12-19(24)28-11-18(23)21-20-14(3)13(2)5-10-17(20)22(25)26/h5-10H,4,11-12H2,1-3H3,(H,21,23). The third kappa shape index (κ3) is 5.54. The summed E-state index contributed by atoms with van der Waals surface area (Å²) in [6.07, 6.45) is 0.899. The number of nitrogens with zero attached hydrogens (tertiary/aromatic N) is 1. The largest absolute Gasteiger partial charge is 0.482 e. The topological polar surface area (TPSA) is 108 Å². The maximum atomic E-state index is 12.0. The Morgan fingerprint density at radius 3 is 2.36 bits per heavy atom. The zero-order valence-corrected chi connectivity index (χ0v) is 16.0. The number of nitro groups is 1. The first-order chi connectivity index (χ1) is 13.3. The van der Waals surface area contributed by atoms with Crippen LogP contribution in [-0.2, 0) is 20.7 Å². The third-order valence-electron chi connectivity index (χ3n) is 4.23. The summed E-state index contributed by atoms with van der Waals surface area (Å²) in [5.41, 5.74) is 2.39. The number of nitro benzene ring substituents is 1. The van der Waals surface area contributed by atoms with Gasteiger partial charge in [0.15, 0.2) is 13.2 Å². The fraction of sp³-hybridized carbons (Fsp3) is 0.300. The molecule has 8 nitrogen and oxygen atoms in total. The number of nitrogens with one attached hydrogen (secondary N) is 1. The van der Waals surface area contributed by atoms with Crippen molar-refractivity contribution in [2.45, 2.75) is 27.2 Å². The number of esters is 1. The lowest BCUT2D eigenvalue weighted by atomic mass is 10.1. The summed E-state index contributed by atoms with van der Waals surface area (Å²) in [4.78, 5) is 34.4. The van der Waals surface area contributed by atoms with Gasteiger partial charge in [0.25, 0.3) is 11.6 Å². The number of carbonyl (C=O) groups excluding carboxylic acids is 2. The van der Waals surface area contributed by atoms with Gasteiger partial charge in [0.05, 0.1) is 4.92 Å². The van der Waals surface area contributed by atoms with Gasteiger partial charge in [-0.25, -0.2) is 4.79 Å². The van der Waals surface area contributed by atoms with Gasteiger partial charge in [-0.15, -0.1) is 0 Å². The summed E-state index contributed by atoms with van der Waals surface area (Å²) in [5, 5.41) is 13.6. The molecule has 2 aromatic carbocycles. The van der Waals surface area contributed by atoms with E-state index in [4.69, 9.17) is 9.47 Å². The van der Waals surface area contributed by atoms with Crippen molar-refractivity contribution in [1.29, 1.82) is 0 Å². The lowest BCUT2D eigenvalue weighted by molar-refractivity contribution is -0.384. The Kier molecular flexibility index (Phi) is 7.08. The molecule has 0 bridgehead atoms. The van der Waals surface area contributed by atoms with E-state index in [0.717, 1.165) is 17.5 Å². The van der Waals surface area contributed by atoms with E-state index in [-0.39, 0.29) is 18.0 Å². The molecule has 0 saturated heterocycles. The molecule has 0 aromatic heterocycles. The van der Waals surface area contributed by atoms with Crippen molar-refractivity contribution in [1.82, 2.24) is 0 Å². The van der Waals surface area contributed by atoms with E-state index in [9.17, 15) is 19.7 Å². The van der Waals surface area contributed by atoms with Crippen LogP contribution < -0.4 is 10.1 Å². The smallest absolute Gasteiger partial charge is 0.344 e. The minimum absolute atomic E-state index is 0.0957. The molecule has 28 heavy (non-hydrogen) atoms. The van der Waals surface area contributed by atoms with Crippen molar-refractivity contribution in [3.05, 3.63) is 63.2 Å². The predicted molar refractivity (Wildman–Crippen MR) is 103 cm³/mol. The third-order valence-corrected chi connectivity index (χ3v) is 4.23. The molecule has 148 valence electrons. The van der Waals surface area contributed by atoms with E-state index in [1.807, 2.05) is 19.1 Å². The first kappa shape index (κ1) is 20.9. The molecule has 0 saturated carbocycles. The van der Waals surface area contributed by atoms with Gasteiger partial charge in [-0.2, -0.15) is 0 Å². The van der Waals surface area contributed by atoms with Crippen molar-refractivity contribution in [2.75, 3.05) is 18.5 Å². The highest BCUT2D eigenvalue weighted by atomic mass is 16.6. The molecule has 0 aliphatic rings. The molecule has 1 N–H and O–H groups in total. The van der Waals surface area contributed by atoms with E-state index < -0.39 is 23.4 Å². The molecule has 0 atom stereocenters. The highest BCUT2D eigenvalue weighted by Crippen LogP contribution is 2.30. The number of ether oxygens (including phenoxy) is 2. The molecule has 0 heterocycles. The van der Waals surface area contributed by atoms with Crippen LogP contribution in [0.1, 0.15) is 23.6 Å². The van der Waals surface area contributed by atoms with Crippen LogP contribution in [0.4, 0.5) is 11.4 Å². The van der Waals surface area contributed by atoms with Crippen molar-refractivity contribution >= 4 is 23.3 Å². The van der Waals surface area contributed by atoms with E-state index in [1.54, 1.807) is 32.0 Å². The van der Waals surface area contributed by atoms with E-state index in [2.05, 4.69) is 5.32 Å². The monoisotopic (exact) mass is 386 g/mol. The Bertz CT molecular complexity index is 877. The van der Waals surface area contributed by atoms with E-state index >= 15 is 0 Å². The van der Waals surface area contributed by atoms with Gasteiger partial charge in [0.1, 0.15) is 11.4 Å². The molecule has 1 amide bonds. The maximum absolute atomic E-state index is 12.0. The molecular weight excluding hydrogens is 364 g/mol. The Balaban J connectivity index is 1.87. The Labute approximate surface area is 162 Å². The van der Waals surface area contributed by atoms with Crippen LogP contribution in [0.25, 0.3) is 0 Å². The van der Waals surface area contributed by atoms with Gasteiger partial charge < -0.3 is 14.8 Å². The molecule has 0 aliphatic carbocycles. The van der Waals surface area contributed by atoms with E-state index in [1.165, 1.54) is 6.07 Å². The summed E-state index contributed by atoms with van der Waals surface area (Å²) in [6, 6.07) is 10.2. The summed E-state index contributed by atoms with van der Waals surface area (Å²) >= 11 is 0. The highest BCUT2D eigenvalue weighted by Gasteiger charge is 2.20. The highest BCUT2D eigenvalue weighted by molar-refractivity contribution is 5.96. The minimum Gasteiger partial charge on any atom is -0.482 e. The van der Waals surface area contributed by atoms with Crippen molar-refractivity contribution < 1.29 is 24.0 Å². The van der Waals surface area contributed by atoms with Crippen molar-refractivity contribution in [3.8, 4) is 5.75 Å². The average Bonchev–Trinajstić information content (AvgIpc) is 2.68. The Morgan fingerprint density at radius 2 is 1.75 bits per heavy atom. The fourth-order valence-corrected chi connectivity index (χ4v) is 2.44. The van der Waals surface area contributed by atoms with Crippen LogP contribution >= 0.6 is 0 Å². The minimum atomic E-state index is -0.717. The molecule has 0 spiro atoms. The molecule has 0 unspecified atom stereocenters. The zero-order chi connectivity index (χ0) is 20.7. The van der Waals surface area contributed by atoms with Crippen molar-refractivity contribution in [2.24, 2.45) is 0 Å². The van der Waals surface area contributed by atoms with E-state index in [0.29, 0.717) is 11.3 Å². The van der Waals surface area contributed by atoms with Gasteiger partial charge in [-0.05, 0) is 49.1 Å². The van der Waals surface area contributed by atoms with Gasteiger partial charge in [-0.3, -0.25) is 14.9 Å². The van der Waals surface area contributed by atoms with Crippen LogP contribution in [-0.4, -0.2) is 30.0 Å². The van der Waals surface area contributed by atoms with Crippen LogP contribution in [0.3, 0.4) is 0 Å². The summed E-state index contributed by atoms with van der Waals surface area (Å²) in [6.45, 7) is 4.57. The normalized spacial score (nSPS) is 10.2. The van der Waals surface area contributed by atoms with Gasteiger partial charge >= 0.3 is 5.97 Å². The molecule has 0 fully saturated rings. The second-order valence-electron chi connectivity index (χ2n) is 6.15. The molecule has 0 aliphatic heterocycles. The lowest BCUT2D eigenvalue weighted by Gasteiger charge is -2.11. The number of benzene rings is 2. The fourth-order valence-electron chi connectivity index (χ4n) is 2.44. The first-order valence-corrected chi connectivity index (χ1v) is 8.73. The van der Waals surface area contributed by atoms with Gasteiger partial charge in [0, 0.05) is 6.07 Å². The SMILES string of the molecule is CCc1ccc(OCC(=O)OCC(=O)Nc2c([N+](=O)[O-])ccc(C)c2C)cc1. The summed E-state index contributed by atoms with van der Waals surface area (Å²) in [5.74, 6) is -0.868. The Hall–Kier alpha value is -3.42. The van der Waals surface area contributed by atoms with Gasteiger partial charge in [-0.1, -0.05) is 25.1 Å². The second-order valence-corrected chi connectivity index (χ2v) is 6.15. The number of aryl methyl sites for hydroxylation is 2. The average molecular weight is 386 g/mol. The zero-order valence-electron chi connectivity index (χ0n) is 16.0. The number of carbonyl (C=O) groups is 2. The number of anilines is 1. The van der Waals surface area contributed by atoms with Gasteiger partial charge in [0.2, 0.25) is 0 Å². The number of amides is 1. The second kappa shape index (κ2) is 9.50. The number of hydrogen-bond acceptors (Lipinski definition) is 6. The molecule has 2 aromatic rings. The quantitative estimate of drug-likeness (QED) is 0.423. The predicted octanol–water partition coefficient (Wildman–Crippen LogP) is 3.33. The van der Waals surface area contributed by atoms with Crippen LogP contribution in [0.5, 0.6) is 5.75 Å². The van der Waals surface area contributed by atoms with Crippen molar-refractivity contribution in [3.63, 3.8) is 0 Å². The lowest BCUT2D eigenvalue weighted by Crippen LogP contribution is -2.24. The number of rotatable bonds is 8. The van der Waals surface area contributed by atoms with Crippen LogP contribution in [0.2, 0.25) is 0 Å². The molecule has 0 radical (unpaired) electrons. The molecule has 8 heteroatoms. The van der Waals surface area contributed by atoms with Crippen LogP contribution in [0.15, 0.2) is 36.4 Å². The molecule has 2 rings (SSSR count). The Morgan fingerprint density at radius 1 is 1.07 bits per heavy atom. The number of hydrogen-bond donors (Lipinski definition) is 1. The summed E-state index contributed by atoms with van der Waals surface area (Å²) in [7, 11) is 0. The molecular formula is C20H22N2O6. The first-order valence-electron chi connectivity index (χ1n) is 8.73. The maximum Gasteiger partial charge on any atom is 0.344 e.